The zero-order chi connectivity index (χ0) is 14.5. The van der Waals surface area contributed by atoms with Crippen LogP contribution in [-0.4, -0.2) is 12.1 Å². The number of methoxy groups -OCH3 is 1. The van der Waals surface area contributed by atoms with Gasteiger partial charge in [-0.2, -0.15) is 0 Å². The highest BCUT2D eigenvalue weighted by Crippen LogP contribution is 2.36. The maximum atomic E-state index is 6.05. The standard InChI is InChI=1S/C15H15BrClNO2/c1-10-4-3-5-13(18-10)9-20-15-11(8-16)6-12(17)7-14(15)19-2/h3-7H,8-9H2,1-2H3. The van der Waals surface area contributed by atoms with Crippen LogP contribution in [0.5, 0.6) is 11.5 Å². The van der Waals surface area contributed by atoms with Gasteiger partial charge < -0.3 is 9.47 Å². The number of hydrogen-bond acceptors (Lipinski definition) is 3. The van der Waals surface area contributed by atoms with Gasteiger partial charge >= 0.3 is 0 Å². The van der Waals surface area contributed by atoms with E-state index in [4.69, 9.17) is 21.1 Å². The maximum Gasteiger partial charge on any atom is 0.165 e. The summed E-state index contributed by atoms with van der Waals surface area (Å²) in [4.78, 5) is 4.41. The molecule has 0 bridgehead atoms. The molecule has 0 radical (unpaired) electrons. The van der Waals surface area contributed by atoms with Crippen molar-refractivity contribution in [3.8, 4) is 11.5 Å². The third kappa shape index (κ3) is 3.64. The van der Waals surface area contributed by atoms with E-state index in [-0.39, 0.29) is 0 Å². The number of hydrogen-bond donors (Lipinski definition) is 0. The molecule has 0 aliphatic carbocycles. The zero-order valence-corrected chi connectivity index (χ0v) is 13.7. The second kappa shape index (κ2) is 6.95. The number of aryl methyl sites for hydroxylation is 1. The molecule has 0 aliphatic heterocycles. The summed E-state index contributed by atoms with van der Waals surface area (Å²) in [7, 11) is 1.60. The highest BCUT2D eigenvalue weighted by molar-refractivity contribution is 9.08. The second-order valence-electron chi connectivity index (χ2n) is 4.29. The fourth-order valence-corrected chi connectivity index (χ4v) is 2.51. The lowest BCUT2D eigenvalue weighted by molar-refractivity contribution is 0.278. The van der Waals surface area contributed by atoms with Crippen molar-refractivity contribution in [3.05, 3.63) is 52.3 Å². The van der Waals surface area contributed by atoms with Crippen molar-refractivity contribution in [2.24, 2.45) is 0 Å². The van der Waals surface area contributed by atoms with E-state index in [0.717, 1.165) is 17.0 Å². The quantitative estimate of drug-likeness (QED) is 0.738. The summed E-state index contributed by atoms with van der Waals surface area (Å²) < 4.78 is 11.2. The summed E-state index contributed by atoms with van der Waals surface area (Å²) in [6.45, 7) is 2.34. The molecule has 3 nitrogen and oxygen atoms in total. The number of alkyl halides is 1. The van der Waals surface area contributed by atoms with Crippen LogP contribution in [0.2, 0.25) is 5.02 Å². The van der Waals surface area contributed by atoms with Crippen LogP contribution in [0.15, 0.2) is 30.3 Å². The van der Waals surface area contributed by atoms with E-state index in [2.05, 4.69) is 20.9 Å². The Labute approximate surface area is 132 Å². The molecule has 106 valence electrons. The van der Waals surface area contributed by atoms with Gasteiger partial charge in [0, 0.05) is 27.7 Å². The van der Waals surface area contributed by atoms with E-state index in [9.17, 15) is 0 Å². The number of aromatic nitrogens is 1. The fourth-order valence-electron chi connectivity index (χ4n) is 1.86. The second-order valence-corrected chi connectivity index (χ2v) is 5.29. The first-order valence-electron chi connectivity index (χ1n) is 6.11. The molecule has 0 unspecified atom stereocenters. The van der Waals surface area contributed by atoms with Crippen LogP contribution in [0.25, 0.3) is 0 Å². The molecule has 5 heteroatoms. The zero-order valence-electron chi connectivity index (χ0n) is 11.3. The Morgan fingerprint density at radius 3 is 2.75 bits per heavy atom. The van der Waals surface area contributed by atoms with Crippen LogP contribution in [0.4, 0.5) is 0 Å². The van der Waals surface area contributed by atoms with E-state index in [1.54, 1.807) is 13.2 Å². The van der Waals surface area contributed by atoms with Gasteiger partial charge in [0.1, 0.15) is 6.61 Å². The number of nitrogens with zero attached hydrogens (tertiary/aromatic N) is 1. The van der Waals surface area contributed by atoms with Gasteiger partial charge in [0.25, 0.3) is 0 Å². The van der Waals surface area contributed by atoms with Gasteiger partial charge in [-0.25, -0.2) is 0 Å². The average molecular weight is 357 g/mol. The number of benzene rings is 1. The van der Waals surface area contributed by atoms with Gasteiger partial charge in [0.2, 0.25) is 0 Å². The van der Waals surface area contributed by atoms with E-state index in [1.165, 1.54) is 0 Å². The molecule has 20 heavy (non-hydrogen) atoms. The van der Waals surface area contributed by atoms with Crippen molar-refractivity contribution >= 4 is 27.5 Å². The Morgan fingerprint density at radius 2 is 2.10 bits per heavy atom. The van der Waals surface area contributed by atoms with Crippen molar-refractivity contribution in [3.63, 3.8) is 0 Å². The summed E-state index contributed by atoms with van der Waals surface area (Å²) >= 11 is 9.48. The van der Waals surface area contributed by atoms with E-state index < -0.39 is 0 Å². The number of halogens is 2. The van der Waals surface area contributed by atoms with Crippen molar-refractivity contribution in [2.45, 2.75) is 18.9 Å². The lowest BCUT2D eigenvalue weighted by Gasteiger charge is -2.14. The lowest BCUT2D eigenvalue weighted by atomic mass is 10.2. The van der Waals surface area contributed by atoms with Crippen LogP contribution in [0.1, 0.15) is 17.0 Å². The molecule has 0 fully saturated rings. The highest BCUT2D eigenvalue weighted by Gasteiger charge is 2.12. The van der Waals surface area contributed by atoms with Gasteiger partial charge in [-0.05, 0) is 25.1 Å². The van der Waals surface area contributed by atoms with Gasteiger partial charge in [-0.15, -0.1) is 0 Å². The minimum Gasteiger partial charge on any atom is -0.493 e. The van der Waals surface area contributed by atoms with Gasteiger partial charge in [-0.1, -0.05) is 33.6 Å². The van der Waals surface area contributed by atoms with Crippen LogP contribution >= 0.6 is 27.5 Å². The van der Waals surface area contributed by atoms with Crippen molar-refractivity contribution in [1.29, 1.82) is 0 Å². The van der Waals surface area contributed by atoms with Crippen LogP contribution < -0.4 is 9.47 Å². The smallest absolute Gasteiger partial charge is 0.165 e. The molecule has 0 atom stereocenters. The molecular weight excluding hydrogens is 342 g/mol. The minimum atomic E-state index is 0.389. The largest absolute Gasteiger partial charge is 0.493 e. The molecular formula is C15H15BrClNO2. The Hall–Kier alpha value is -1.26. The molecule has 0 amide bonds. The Morgan fingerprint density at radius 1 is 1.30 bits per heavy atom. The third-order valence-corrected chi connectivity index (χ3v) is 3.59. The fraction of sp³-hybridized carbons (Fsp3) is 0.267. The predicted octanol–water partition coefficient (Wildman–Crippen LogP) is 4.53. The van der Waals surface area contributed by atoms with Gasteiger partial charge in [0.05, 0.1) is 12.8 Å². The summed E-state index contributed by atoms with van der Waals surface area (Å²) in [6.07, 6.45) is 0. The van der Waals surface area contributed by atoms with Crippen molar-refractivity contribution < 1.29 is 9.47 Å². The van der Waals surface area contributed by atoms with Gasteiger partial charge in [0.15, 0.2) is 11.5 Å². The molecule has 0 N–H and O–H groups in total. The molecule has 1 aromatic carbocycles. The first kappa shape index (κ1) is 15.1. The van der Waals surface area contributed by atoms with E-state index in [1.807, 2.05) is 31.2 Å². The molecule has 0 saturated heterocycles. The van der Waals surface area contributed by atoms with Crippen LogP contribution in [-0.2, 0) is 11.9 Å². The van der Waals surface area contributed by atoms with Crippen molar-refractivity contribution in [2.75, 3.05) is 7.11 Å². The van der Waals surface area contributed by atoms with Crippen LogP contribution in [0, 0.1) is 6.92 Å². The SMILES string of the molecule is COc1cc(Cl)cc(CBr)c1OCc1cccc(C)n1. The summed E-state index contributed by atoms with van der Waals surface area (Å²) in [5.74, 6) is 1.32. The molecule has 1 aromatic heterocycles. The van der Waals surface area contributed by atoms with Crippen LogP contribution in [0.3, 0.4) is 0 Å². The Balaban J connectivity index is 2.24. The maximum absolute atomic E-state index is 6.05. The first-order chi connectivity index (χ1) is 9.63. The first-order valence-corrected chi connectivity index (χ1v) is 7.61. The van der Waals surface area contributed by atoms with Gasteiger partial charge in [-0.3, -0.25) is 4.98 Å². The predicted molar refractivity (Wildman–Crippen MR) is 83.9 cm³/mol. The lowest BCUT2D eigenvalue weighted by Crippen LogP contribution is -2.02. The summed E-state index contributed by atoms with van der Waals surface area (Å²) in [5.41, 5.74) is 2.79. The van der Waals surface area contributed by atoms with E-state index >= 15 is 0 Å². The number of rotatable bonds is 5. The molecule has 0 saturated carbocycles. The average Bonchev–Trinajstić information content (AvgIpc) is 2.45. The molecule has 0 spiro atoms. The normalized spacial score (nSPS) is 10.4. The summed E-state index contributed by atoms with van der Waals surface area (Å²) in [6, 6.07) is 9.45. The summed E-state index contributed by atoms with van der Waals surface area (Å²) in [5, 5.41) is 1.26. The van der Waals surface area contributed by atoms with E-state index in [0.29, 0.717) is 28.5 Å². The molecule has 1 heterocycles. The molecule has 2 aromatic rings. The Kier molecular flexibility index (Phi) is 5.26. The monoisotopic (exact) mass is 355 g/mol. The minimum absolute atomic E-state index is 0.389. The topological polar surface area (TPSA) is 31.4 Å². The third-order valence-electron chi connectivity index (χ3n) is 2.77. The number of pyridine rings is 1. The molecule has 2 rings (SSSR count). The highest BCUT2D eigenvalue weighted by atomic mass is 79.9. The van der Waals surface area contributed by atoms with Crippen molar-refractivity contribution in [1.82, 2.24) is 4.98 Å². The Bertz CT molecular complexity index is 579. The molecule has 0 aliphatic rings. The number of ether oxygens (including phenoxy) is 2.